The van der Waals surface area contributed by atoms with E-state index in [2.05, 4.69) is 62.6 Å². The maximum absolute atomic E-state index is 14.3. The fraction of sp³-hybridized carbons (Fsp3) is 0.250. The fourth-order valence-electron chi connectivity index (χ4n) is 5.98. The molecule has 44 heavy (non-hydrogen) atoms. The second-order valence-corrected chi connectivity index (χ2v) is 13.1. The normalized spacial score (nSPS) is 15.2. The van der Waals surface area contributed by atoms with Crippen molar-refractivity contribution in [3.05, 3.63) is 136 Å². The Morgan fingerprint density at radius 2 is 1.75 bits per heavy atom. The van der Waals surface area contributed by atoms with E-state index in [0.29, 0.717) is 38.1 Å². The molecule has 0 amide bonds. The highest BCUT2D eigenvalue weighted by molar-refractivity contribution is 7.07. The minimum absolute atomic E-state index is 0.189. The smallest absolute Gasteiger partial charge is 0.338 e. The van der Waals surface area contributed by atoms with Crippen molar-refractivity contribution in [2.75, 3.05) is 7.11 Å². The van der Waals surface area contributed by atoms with Gasteiger partial charge >= 0.3 is 5.97 Å². The van der Waals surface area contributed by atoms with Gasteiger partial charge in [-0.1, -0.05) is 84.8 Å². The van der Waals surface area contributed by atoms with Crippen molar-refractivity contribution in [2.24, 2.45) is 4.99 Å². The molecule has 0 spiro atoms. The molecule has 0 bridgehead atoms. The largest absolute Gasteiger partial charge is 0.466 e. The Bertz CT molecular complexity index is 2130. The number of fused-ring (bicyclic) bond motifs is 2. The van der Waals surface area contributed by atoms with E-state index in [9.17, 15) is 9.59 Å². The molecule has 224 valence electrons. The molecule has 6 rings (SSSR count). The van der Waals surface area contributed by atoms with Gasteiger partial charge in [-0.3, -0.25) is 9.36 Å². The summed E-state index contributed by atoms with van der Waals surface area (Å²) < 4.78 is 9.66. The topological polar surface area (TPSA) is 65.6 Å². The minimum Gasteiger partial charge on any atom is -0.466 e. The molecule has 0 radical (unpaired) electrons. The van der Waals surface area contributed by atoms with E-state index in [1.54, 1.807) is 11.5 Å². The Morgan fingerprint density at radius 3 is 2.41 bits per heavy atom. The number of thiazole rings is 1. The Morgan fingerprint density at radius 1 is 1.05 bits per heavy atom. The number of allylic oxidation sites excluding steroid dienone is 1. The van der Waals surface area contributed by atoms with Gasteiger partial charge in [0.25, 0.3) is 5.56 Å². The van der Waals surface area contributed by atoms with Crippen LogP contribution in [0.15, 0.2) is 87.8 Å². The fourth-order valence-corrected chi connectivity index (χ4v) is 7.14. The average molecular weight is 624 g/mol. The lowest BCUT2D eigenvalue weighted by Crippen LogP contribution is -2.39. The summed E-state index contributed by atoms with van der Waals surface area (Å²) in [5.41, 5.74) is 8.16. The van der Waals surface area contributed by atoms with Gasteiger partial charge in [0.2, 0.25) is 0 Å². The summed E-state index contributed by atoms with van der Waals surface area (Å²) >= 11 is 7.49. The summed E-state index contributed by atoms with van der Waals surface area (Å²) in [5, 5.41) is 1.78. The van der Waals surface area contributed by atoms with Crippen LogP contribution in [-0.2, 0) is 16.1 Å². The molecule has 8 heteroatoms. The molecule has 6 nitrogen and oxygen atoms in total. The number of hydrogen-bond acceptors (Lipinski definition) is 5. The van der Waals surface area contributed by atoms with Gasteiger partial charge < -0.3 is 9.30 Å². The van der Waals surface area contributed by atoms with Crippen molar-refractivity contribution in [1.82, 2.24) is 9.13 Å². The number of halogens is 1. The quantitative estimate of drug-likeness (QED) is 0.195. The van der Waals surface area contributed by atoms with Crippen molar-refractivity contribution < 1.29 is 9.53 Å². The average Bonchev–Trinajstić information content (AvgIpc) is 3.45. The predicted molar refractivity (Wildman–Crippen MR) is 178 cm³/mol. The van der Waals surface area contributed by atoms with Gasteiger partial charge in [0.1, 0.15) is 0 Å². The van der Waals surface area contributed by atoms with Crippen LogP contribution in [0.2, 0.25) is 5.02 Å². The van der Waals surface area contributed by atoms with Crippen LogP contribution in [0.5, 0.6) is 0 Å². The van der Waals surface area contributed by atoms with Gasteiger partial charge in [0.05, 0.1) is 29.0 Å². The zero-order valence-electron chi connectivity index (χ0n) is 25.6. The van der Waals surface area contributed by atoms with Gasteiger partial charge in [0.15, 0.2) is 4.80 Å². The van der Waals surface area contributed by atoms with Crippen LogP contribution in [0.4, 0.5) is 0 Å². The van der Waals surface area contributed by atoms with Crippen LogP contribution in [0, 0.1) is 13.8 Å². The number of aryl methyl sites for hydroxylation is 1. The minimum atomic E-state index is -0.642. The van der Waals surface area contributed by atoms with Crippen LogP contribution < -0.4 is 14.9 Å². The van der Waals surface area contributed by atoms with Gasteiger partial charge in [0, 0.05) is 33.7 Å². The van der Waals surface area contributed by atoms with Gasteiger partial charge in [-0.15, -0.1) is 0 Å². The molecule has 0 saturated heterocycles. The number of methoxy groups -OCH3 is 1. The number of benzene rings is 3. The highest BCUT2D eigenvalue weighted by atomic mass is 35.5. The number of aromatic nitrogens is 2. The molecule has 0 fully saturated rings. The predicted octanol–water partition coefficient (Wildman–Crippen LogP) is 6.80. The second-order valence-electron chi connectivity index (χ2n) is 11.6. The first-order chi connectivity index (χ1) is 21.1. The number of hydrogen-bond donors (Lipinski definition) is 0. The molecule has 3 aromatic carbocycles. The lowest BCUT2D eigenvalue weighted by molar-refractivity contribution is -0.136. The molecule has 5 aromatic rings. The van der Waals surface area contributed by atoms with Crippen LogP contribution in [0.1, 0.15) is 66.2 Å². The lowest BCUT2D eigenvalue weighted by atomic mass is 9.93. The van der Waals surface area contributed by atoms with Crippen LogP contribution in [0.3, 0.4) is 0 Å². The highest BCUT2D eigenvalue weighted by Crippen LogP contribution is 2.32. The molecular weight excluding hydrogens is 590 g/mol. The van der Waals surface area contributed by atoms with Crippen molar-refractivity contribution in [1.29, 1.82) is 0 Å². The second kappa shape index (κ2) is 11.7. The van der Waals surface area contributed by atoms with Crippen LogP contribution in [0.25, 0.3) is 17.0 Å². The van der Waals surface area contributed by atoms with Crippen molar-refractivity contribution >= 4 is 45.9 Å². The van der Waals surface area contributed by atoms with Crippen molar-refractivity contribution in [3.8, 4) is 0 Å². The molecule has 2 aromatic heterocycles. The number of rotatable bonds is 6. The highest BCUT2D eigenvalue weighted by Gasteiger charge is 2.33. The Hall–Kier alpha value is -4.20. The van der Waals surface area contributed by atoms with Gasteiger partial charge in [-0.2, -0.15) is 0 Å². The monoisotopic (exact) mass is 623 g/mol. The molecule has 0 unspecified atom stereocenters. The summed E-state index contributed by atoms with van der Waals surface area (Å²) in [4.78, 5) is 32.6. The van der Waals surface area contributed by atoms with Crippen molar-refractivity contribution in [2.45, 2.75) is 53.1 Å². The van der Waals surface area contributed by atoms with Gasteiger partial charge in [-0.25, -0.2) is 9.79 Å². The standard InChI is InChI=1S/C36H34ClN3O3S/c1-20(2)25-10-12-26(13-11-25)33-32(35(42)43-6)22(4)38-36-40(33)34(41)31(44-36)18-28-23(5)39(19-24-8-14-27(37)15-9-24)30-16-7-21(3)17-29(28)30/h7-18,20,33H,19H2,1-6H3/b31-18-/t33-/m0/s1. The lowest BCUT2D eigenvalue weighted by Gasteiger charge is -2.24. The van der Waals surface area contributed by atoms with E-state index in [-0.39, 0.29) is 5.56 Å². The van der Waals surface area contributed by atoms with Gasteiger partial charge in [-0.05, 0) is 73.7 Å². The summed E-state index contributed by atoms with van der Waals surface area (Å²) in [5.74, 6) is -0.132. The Kier molecular flexibility index (Phi) is 7.95. The molecule has 1 aliphatic heterocycles. The van der Waals surface area contributed by atoms with E-state index >= 15 is 0 Å². The molecular formula is C36H34ClN3O3S. The van der Waals surface area contributed by atoms with E-state index in [4.69, 9.17) is 21.3 Å². The number of carbonyl (C=O) groups excluding carboxylic acids is 1. The van der Waals surface area contributed by atoms with Crippen LogP contribution >= 0.6 is 22.9 Å². The molecule has 1 atom stereocenters. The molecule has 0 saturated carbocycles. The SMILES string of the molecule is COC(=O)C1=C(C)N=c2s/c(=C\c3c(C)n(Cc4ccc(Cl)cc4)c4ccc(C)cc34)c(=O)n2[C@H]1c1ccc(C(C)C)cc1. The zero-order valence-corrected chi connectivity index (χ0v) is 27.2. The maximum atomic E-state index is 14.3. The number of carbonyl (C=O) groups is 1. The Labute approximate surface area is 265 Å². The Balaban J connectivity index is 1.55. The molecule has 0 aliphatic carbocycles. The van der Waals surface area contributed by atoms with E-state index in [1.807, 2.05) is 42.5 Å². The third kappa shape index (κ3) is 5.24. The van der Waals surface area contributed by atoms with Crippen molar-refractivity contribution in [3.63, 3.8) is 0 Å². The van der Waals surface area contributed by atoms with E-state index < -0.39 is 12.0 Å². The molecule has 1 aliphatic rings. The number of nitrogens with zero attached hydrogens (tertiary/aromatic N) is 3. The third-order valence-corrected chi connectivity index (χ3v) is 9.64. The first kappa shape index (κ1) is 29.9. The van der Waals surface area contributed by atoms with E-state index in [0.717, 1.165) is 38.9 Å². The zero-order chi connectivity index (χ0) is 31.3. The summed E-state index contributed by atoms with van der Waals surface area (Å²) in [6, 6.07) is 21.8. The summed E-state index contributed by atoms with van der Waals surface area (Å²) in [6.07, 6.45) is 1.98. The third-order valence-electron chi connectivity index (χ3n) is 8.40. The van der Waals surface area contributed by atoms with E-state index in [1.165, 1.54) is 24.0 Å². The molecule has 0 N–H and O–H groups in total. The maximum Gasteiger partial charge on any atom is 0.338 e. The van der Waals surface area contributed by atoms with Crippen LogP contribution in [-0.4, -0.2) is 22.2 Å². The summed E-state index contributed by atoms with van der Waals surface area (Å²) in [6.45, 7) is 10.9. The molecule has 3 heterocycles. The number of ether oxygens (including phenoxy) is 1. The summed E-state index contributed by atoms with van der Waals surface area (Å²) in [7, 11) is 1.36. The first-order valence-electron chi connectivity index (χ1n) is 14.6. The first-order valence-corrected chi connectivity index (χ1v) is 15.8. The number of esters is 1.